The molecule has 0 saturated heterocycles. The summed E-state index contributed by atoms with van der Waals surface area (Å²) in [5.41, 5.74) is 2.23. The Balaban J connectivity index is 1.77. The number of carbonyl (C=O) groups excluding carboxylic acids is 2. The molecule has 0 atom stereocenters. The van der Waals surface area contributed by atoms with Gasteiger partial charge in [-0.15, -0.1) is 11.3 Å². The topological polar surface area (TPSA) is 58.2 Å². The van der Waals surface area contributed by atoms with E-state index in [4.69, 9.17) is 0 Å². The molecule has 0 fully saturated rings. The summed E-state index contributed by atoms with van der Waals surface area (Å²) in [4.78, 5) is 24.4. The first-order valence-corrected chi connectivity index (χ1v) is 8.11. The van der Waals surface area contributed by atoms with E-state index < -0.39 is 11.8 Å². The van der Waals surface area contributed by atoms with Crippen molar-refractivity contribution in [1.29, 1.82) is 0 Å². The van der Waals surface area contributed by atoms with Crippen LogP contribution >= 0.6 is 11.3 Å². The Hall–Kier alpha value is -2.14. The van der Waals surface area contributed by atoms with E-state index in [0.717, 1.165) is 10.4 Å². The molecular weight excluding hydrogens is 296 g/mol. The van der Waals surface area contributed by atoms with Crippen LogP contribution in [0.3, 0.4) is 0 Å². The number of thiophene rings is 1. The molecule has 0 saturated carbocycles. The highest BCUT2D eigenvalue weighted by atomic mass is 32.1. The van der Waals surface area contributed by atoms with E-state index in [-0.39, 0.29) is 0 Å². The van der Waals surface area contributed by atoms with E-state index in [1.165, 1.54) is 5.56 Å². The average Bonchev–Trinajstić information content (AvgIpc) is 3.04. The second-order valence-corrected chi connectivity index (χ2v) is 6.37. The molecule has 0 spiro atoms. The molecule has 116 valence electrons. The van der Waals surface area contributed by atoms with Gasteiger partial charge >= 0.3 is 11.8 Å². The number of nitrogens with one attached hydrogen (secondary N) is 2. The molecule has 1 heterocycles. The third kappa shape index (κ3) is 4.70. The van der Waals surface area contributed by atoms with Crippen molar-refractivity contribution < 1.29 is 9.59 Å². The van der Waals surface area contributed by atoms with Gasteiger partial charge in [-0.05, 0) is 28.5 Å². The third-order valence-electron chi connectivity index (χ3n) is 3.31. The van der Waals surface area contributed by atoms with Gasteiger partial charge in [0, 0.05) is 11.4 Å². The first-order chi connectivity index (χ1) is 10.6. The van der Waals surface area contributed by atoms with E-state index >= 15 is 0 Å². The zero-order chi connectivity index (χ0) is 15.9. The average molecular weight is 316 g/mol. The maximum absolute atomic E-state index is 11.7. The largest absolute Gasteiger partial charge is 0.344 e. The second-order valence-electron chi connectivity index (χ2n) is 5.34. The van der Waals surface area contributed by atoms with Gasteiger partial charge in [0.1, 0.15) is 0 Å². The van der Waals surface area contributed by atoms with Gasteiger partial charge in [0.25, 0.3) is 0 Å². The van der Waals surface area contributed by atoms with E-state index in [1.54, 1.807) is 11.3 Å². The molecule has 2 aromatic rings. The molecule has 0 aliphatic heterocycles. The summed E-state index contributed by atoms with van der Waals surface area (Å²) >= 11 is 1.54. The maximum atomic E-state index is 11.7. The highest BCUT2D eigenvalue weighted by Crippen LogP contribution is 2.14. The lowest BCUT2D eigenvalue weighted by atomic mass is 10.0. The van der Waals surface area contributed by atoms with Gasteiger partial charge in [0.2, 0.25) is 0 Å². The van der Waals surface area contributed by atoms with Crippen molar-refractivity contribution in [1.82, 2.24) is 10.6 Å². The summed E-state index contributed by atoms with van der Waals surface area (Å²) < 4.78 is 0. The van der Waals surface area contributed by atoms with Crippen molar-refractivity contribution in [3.63, 3.8) is 0 Å². The standard InChI is InChI=1S/C17H20N2O2S/c1-12(2)14-7-5-13(6-8-14)10-18-16(20)17(21)19-11-15-4-3-9-22-15/h3-9,12H,10-11H2,1-2H3,(H,18,20)(H,19,21). The maximum Gasteiger partial charge on any atom is 0.309 e. The molecule has 0 unspecified atom stereocenters. The Morgan fingerprint density at radius 2 is 1.64 bits per heavy atom. The van der Waals surface area contributed by atoms with Crippen LogP contribution in [0.1, 0.15) is 35.8 Å². The molecule has 2 N–H and O–H groups in total. The summed E-state index contributed by atoms with van der Waals surface area (Å²) in [6.45, 7) is 5.00. The minimum absolute atomic E-state index is 0.351. The predicted octanol–water partition coefficient (Wildman–Crippen LogP) is 2.80. The fraction of sp³-hybridized carbons (Fsp3) is 0.294. The summed E-state index contributed by atoms with van der Waals surface area (Å²) in [6, 6.07) is 11.9. The van der Waals surface area contributed by atoms with Crippen LogP contribution in [0.25, 0.3) is 0 Å². The molecule has 0 aliphatic rings. The van der Waals surface area contributed by atoms with Crippen LogP contribution < -0.4 is 10.6 Å². The SMILES string of the molecule is CC(C)c1ccc(CNC(=O)C(=O)NCc2cccs2)cc1. The highest BCUT2D eigenvalue weighted by molar-refractivity contribution is 7.09. The number of hydrogen-bond donors (Lipinski definition) is 2. The molecule has 5 heteroatoms. The molecular formula is C17H20N2O2S. The molecule has 0 bridgehead atoms. The number of benzene rings is 1. The minimum Gasteiger partial charge on any atom is -0.344 e. The van der Waals surface area contributed by atoms with Crippen LogP contribution in [0, 0.1) is 0 Å². The van der Waals surface area contributed by atoms with Gasteiger partial charge in [-0.25, -0.2) is 0 Å². The molecule has 22 heavy (non-hydrogen) atoms. The van der Waals surface area contributed by atoms with Gasteiger partial charge in [0.15, 0.2) is 0 Å². The van der Waals surface area contributed by atoms with E-state index in [2.05, 4.69) is 24.5 Å². The number of rotatable bonds is 5. The van der Waals surface area contributed by atoms with E-state index in [0.29, 0.717) is 19.0 Å². The molecule has 2 amide bonds. The Morgan fingerprint density at radius 3 is 2.18 bits per heavy atom. The van der Waals surface area contributed by atoms with Gasteiger partial charge in [-0.2, -0.15) is 0 Å². The monoisotopic (exact) mass is 316 g/mol. The summed E-state index contributed by atoms with van der Waals surface area (Å²) in [6.07, 6.45) is 0. The van der Waals surface area contributed by atoms with Gasteiger partial charge in [-0.3, -0.25) is 9.59 Å². The fourth-order valence-corrected chi connectivity index (χ4v) is 2.59. The summed E-state index contributed by atoms with van der Waals surface area (Å²) in [7, 11) is 0. The molecule has 0 radical (unpaired) electrons. The van der Waals surface area contributed by atoms with Gasteiger partial charge in [-0.1, -0.05) is 44.2 Å². The number of carbonyl (C=O) groups is 2. The van der Waals surface area contributed by atoms with Crippen molar-refractivity contribution >= 4 is 23.2 Å². The van der Waals surface area contributed by atoms with E-state index in [1.807, 2.05) is 41.8 Å². The number of amides is 2. The first kappa shape index (κ1) is 16.2. The summed E-state index contributed by atoms with van der Waals surface area (Å²) in [5, 5.41) is 7.17. The highest BCUT2D eigenvalue weighted by Gasteiger charge is 2.12. The van der Waals surface area contributed by atoms with Crippen molar-refractivity contribution in [2.45, 2.75) is 32.9 Å². The van der Waals surface area contributed by atoms with Crippen LogP contribution in [0.15, 0.2) is 41.8 Å². The molecule has 2 rings (SSSR count). The molecule has 1 aromatic heterocycles. The van der Waals surface area contributed by atoms with Gasteiger partial charge in [0.05, 0.1) is 6.54 Å². The minimum atomic E-state index is -0.607. The Labute approximate surface area is 134 Å². The molecule has 1 aromatic carbocycles. The van der Waals surface area contributed by atoms with Crippen LogP contribution in [-0.4, -0.2) is 11.8 Å². The van der Waals surface area contributed by atoms with Gasteiger partial charge < -0.3 is 10.6 Å². The Bertz CT molecular complexity index is 619. The van der Waals surface area contributed by atoms with Crippen molar-refractivity contribution in [2.75, 3.05) is 0 Å². The fourth-order valence-electron chi connectivity index (χ4n) is 1.94. The quantitative estimate of drug-likeness (QED) is 0.833. The Kier molecular flexibility index (Phi) is 5.72. The smallest absolute Gasteiger partial charge is 0.309 e. The van der Waals surface area contributed by atoms with Crippen LogP contribution in [0.2, 0.25) is 0 Å². The lowest BCUT2D eigenvalue weighted by molar-refractivity contribution is -0.139. The number of hydrogen-bond acceptors (Lipinski definition) is 3. The second kappa shape index (κ2) is 7.75. The van der Waals surface area contributed by atoms with Crippen molar-refractivity contribution in [2.24, 2.45) is 0 Å². The van der Waals surface area contributed by atoms with Crippen LogP contribution in [0.5, 0.6) is 0 Å². The zero-order valence-corrected chi connectivity index (χ0v) is 13.6. The third-order valence-corrected chi connectivity index (χ3v) is 4.19. The van der Waals surface area contributed by atoms with Crippen molar-refractivity contribution in [3.8, 4) is 0 Å². The first-order valence-electron chi connectivity index (χ1n) is 7.23. The molecule has 0 aliphatic carbocycles. The van der Waals surface area contributed by atoms with Crippen LogP contribution in [-0.2, 0) is 22.7 Å². The van der Waals surface area contributed by atoms with E-state index in [9.17, 15) is 9.59 Å². The lowest BCUT2D eigenvalue weighted by Crippen LogP contribution is -2.39. The zero-order valence-electron chi connectivity index (χ0n) is 12.8. The lowest BCUT2D eigenvalue weighted by Gasteiger charge is -2.08. The molecule has 4 nitrogen and oxygen atoms in total. The van der Waals surface area contributed by atoms with Crippen LogP contribution in [0.4, 0.5) is 0 Å². The normalized spacial score (nSPS) is 10.5. The predicted molar refractivity (Wildman–Crippen MR) is 88.5 cm³/mol. The van der Waals surface area contributed by atoms with Crippen molar-refractivity contribution in [3.05, 3.63) is 57.8 Å². The Morgan fingerprint density at radius 1 is 1.00 bits per heavy atom. The summed E-state index contributed by atoms with van der Waals surface area (Å²) in [5.74, 6) is -0.733.